The van der Waals surface area contributed by atoms with Gasteiger partial charge in [-0.05, 0) is 31.2 Å². The number of aromatic nitrogens is 5. The second-order valence-corrected chi connectivity index (χ2v) is 7.48. The number of benzene rings is 1. The van der Waals surface area contributed by atoms with Crippen molar-refractivity contribution in [2.24, 2.45) is 0 Å². The van der Waals surface area contributed by atoms with Crippen LogP contribution in [0.5, 0.6) is 0 Å². The molecule has 3 heterocycles. The molecule has 4 rings (SSSR count). The van der Waals surface area contributed by atoms with Crippen LogP contribution in [0.25, 0.3) is 11.5 Å². The molecule has 3 aromatic heterocycles. The van der Waals surface area contributed by atoms with E-state index in [4.69, 9.17) is 4.42 Å². The van der Waals surface area contributed by atoms with Crippen LogP contribution in [0.4, 0.5) is 5.69 Å². The van der Waals surface area contributed by atoms with Crippen LogP contribution < -0.4 is 5.32 Å². The smallest absolute Gasteiger partial charge is 0.234 e. The fourth-order valence-corrected chi connectivity index (χ4v) is 3.58. The molecular formula is C21H18N6O3S. The topological polar surface area (TPSA) is 116 Å². The number of ketones is 1. The van der Waals surface area contributed by atoms with E-state index in [1.807, 2.05) is 10.6 Å². The number of nitrogens with zero attached hydrogens (tertiary/aromatic N) is 5. The molecular weight excluding hydrogens is 416 g/mol. The molecule has 4 aromatic rings. The number of amides is 1. The Kier molecular flexibility index (Phi) is 6.18. The Morgan fingerprint density at radius 1 is 1.16 bits per heavy atom. The zero-order valence-corrected chi connectivity index (χ0v) is 17.4. The van der Waals surface area contributed by atoms with Crippen molar-refractivity contribution in [1.82, 2.24) is 24.7 Å². The minimum atomic E-state index is -0.223. The fraction of sp³-hybridized carbons (Fsp3) is 0.143. The zero-order valence-electron chi connectivity index (χ0n) is 16.6. The van der Waals surface area contributed by atoms with E-state index in [0.29, 0.717) is 34.5 Å². The summed E-state index contributed by atoms with van der Waals surface area (Å²) in [6.45, 7) is 1.87. The zero-order chi connectivity index (χ0) is 21.6. The molecule has 1 amide bonds. The third-order valence-electron chi connectivity index (χ3n) is 4.29. The molecule has 0 bridgehead atoms. The number of hydrogen-bond acceptors (Lipinski definition) is 8. The number of carbonyl (C=O) groups excluding carboxylic acids is 2. The normalized spacial score (nSPS) is 10.7. The lowest BCUT2D eigenvalue weighted by molar-refractivity contribution is -0.113. The van der Waals surface area contributed by atoms with Crippen LogP contribution in [0.3, 0.4) is 0 Å². The molecule has 0 radical (unpaired) electrons. The van der Waals surface area contributed by atoms with Gasteiger partial charge in [-0.2, -0.15) is 0 Å². The summed E-state index contributed by atoms with van der Waals surface area (Å²) in [7, 11) is 0. The Bertz CT molecular complexity index is 1190. The number of Topliss-reactive ketones (excluding diaryl/α,β-unsaturated/α-hetero) is 1. The highest BCUT2D eigenvalue weighted by Gasteiger charge is 2.18. The second-order valence-electron chi connectivity index (χ2n) is 6.54. The number of nitrogens with one attached hydrogen (secondary N) is 1. The lowest BCUT2D eigenvalue weighted by Gasteiger charge is -2.09. The minimum absolute atomic E-state index is 0.0620. The number of carbonyl (C=O) groups is 2. The van der Waals surface area contributed by atoms with Crippen molar-refractivity contribution < 1.29 is 14.0 Å². The first kappa shape index (κ1) is 20.5. The molecule has 0 unspecified atom stereocenters. The van der Waals surface area contributed by atoms with Crippen LogP contribution in [0.15, 0.2) is 70.8 Å². The van der Waals surface area contributed by atoms with E-state index in [-0.39, 0.29) is 17.4 Å². The van der Waals surface area contributed by atoms with Crippen LogP contribution in [0.1, 0.15) is 23.0 Å². The van der Waals surface area contributed by atoms with Crippen molar-refractivity contribution in [2.75, 3.05) is 11.1 Å². The van der Waals surface area contributed by atoms with Gasteiger partial charge in [-0.3, -0.25) is 19.1 Å². The van der Waals surface area contributed by atoms with Gasteiger partial charge in [-0.1, -0.05) is 23.9 Å². The van der Waals surface area contributed by atoms with E-state index >= 15 is 0 Å². The van der Waals surface area contributed by atoms with E-state index < -0.39 is 0 Å². The lowest BCUT2D eigenvalue weighted by Crippen LogP contribution is -2.15. The summed E-state index contributed by atoms with van der Waals surface area (Å²) in [5.74, 6) is 1.08. The Morgan fingerprint density at radius 3 is 2.81 bits per heavy atom. The fourth-order valence-electron chi connectivity index (χ4n) is 2.84. The van der Waals surface area contributed by atoms with Gasteiger partial charge in [-0.15, -0.1) is 10.2 Å². The van der Waals surface area contributed by atoms with Gasteiger partial charge in [0.15, 0.2) is 16.8 Å². The second kappa shape index (κ2) is 9.35. The van der Waals surface area contributed by atoms with Gasteiger partial charge < -0.3 is 9.73 Å². The predicted octanol–water partition coefficient (Wildman–Crippen LogP) is 3.31. The molecule has 0 saturated heterocycles. The van der Waals surface area contributed by atoms with Gasteiger partial charge in [0.2, 0.25) is 5.91 Å². The average Bonchev–Trinajstić information content (AvgIpc) is 3.43. The number of rotatable bonds is 8. The standard InChI is InChI=1S/C21H18N6O3S/c1-14(28)15-4-2-5-16(10-15)24-19(29)13-31-21-26-25-20(18-11-22-7-8-23-18)27(21)12-17-6-3-9-30-17/h2-11H,12-13H2,1H3,(H,24,29). The number of thioether (sulfide) groups is 1. The molecule has 1 N–H and O–H groups in total. The predicted molar refractivity (Wildman–Crippen MR) is 115 cm³/mol. The van der Waals surface area contributed by atoms with E-state index in [9.17, 15) is 9.59 Å². The molecule has 31 heavy (non-hydrogen) atoms. The molecule has 0 fully saturated rings. The molecule has 0 atom stereocenters. The van der Waals surface area contributed by atoms with E-state index in [1.165, 1.54) is 18.7 Å². The largest absolute Gasteiger partial charge is 0.467 e. The summed E-state index contributed by atoms with van der Waals surface area (Å²) >= 11 is 1.24. The van der Waals surface area contributed by atoms with Crippen LogP contribution in [-0.2, 0) is 11.3 Å². The summed E-state index contributed by atoms with van der Waals surface area (Å²) < 4.78 is 7.29. The monoisotopic (exact) mass is 434 g/mol. The SMILES string of the molecule is CC(=O)c1cccc(NC(=O)CSc2nnc(-c3cnccn3)n2Cc2ccco2)c1. The van der Waals surface area contributed by atoms with Crippen LogP contribution in [0, 0.1) is 0 Å². The summed E-state index contributed by atoms with van der Waals surface area (Å²) in [5, 5.41) is 11.8. The molecule has 1 aromatic carbocycles. The third-order valence-corrected chi connectivity index (χ3v) is 5.26. The van der Waals surface area contributed by atoms with Gasteiger partial charge in [0.25, 0.3) is 0 Å². The van der Waals surface area contributed by atoms with Crippen molar-refractivity contribution in [3.8, 4) is 11.5 Å². The van der Waals surface area contributed by atoms with E-state index in [0.717, 1.165) is 5.76 Å². The quantitative estimate of drug-likeness (QED) is 0.332. The summed E-state index contributed by atoms with van der Waals surface area (Å²) in [6, 6.07) is 10.5. The molecule has 9 nitrogen and oxygen atoms in total. The van der Waals surface area contributed by atoms with Crippen molar-refractivity contribution in [2.45, 2.75) is 18.6 Å². The Balaban J connectivity index is 1.50. The number of furan rings is 1. The average molecular weight is 434 g/mol. The molecule has 10 heteroatoms. The molecule has 0 spiro atoms. The lowest BCUT2D eigenvalue weighted by atomic mass is 10.1. The first-order valence-electron chi connectivity index (χ1n) is 9.36. The summed E-state index contributed by atoms with van der Waals surface area (Å²) in [5.41, 5.74) is 1.67. The Hall–Kier alpha value is -3.79. The first-order chi connectivity index (χ1) is 15.1. The maximum absolute atomic E-state index is 12.5. The van der Waals surface area contributed by atoms with Gasteiger partial charge >= 0.3 is 0 Å². The van der Waals surface area contributed by atoms with Gasteiger partial charge in [-0.25, -0.2) is 4.98 Å². The maximum atomic E-state index is 12.5. The highest BCUT2D eigenvalue weighted by Crippen LogP contribution is 2.24. The number of hydrogen-bond donors (Lipinski definition) is 1. The van der Waals surface area contributed by atoms with E-state index in [2.05, 4.69) is 25.5 Å². The molecule has 0 aliphatic heterocycles. The van der Waals surface area contributed by atoms with Crippen molar-refractivity contribution in [3.63, 3.8) is 0 Å². The van der Waals surface area contributed by atoms with Gasteiger partial charge in [0.05, 0.1) is 24.8 Å². The molecule has 156 valence electrons. The van der Waals surface area contributed by atoms with Gasteiger partial charge in [0.1, 0.15) is 11.5 Å². The van der Waals surface area contributed by atoms with E-state index in [1.54, 1.807) is 55.2 Å². The molecule has 0 saturated carbocycles. The van der Waals surface area contributed by atoms with Crippen molar-refractivity contribution in [3.05, 3.63) is 72.6 Å². The first-order valence-corrected chi connectivity index (χ1v) is 10.3. The third kappa shape index (κ3) is 5.04. The highest BCUT2D eigenvalue weighted by atomic mass is 32.2. The van der Waals surface area contributed by atoms with Crippen LogP contribution in [0.2, 0.25) is 0 Å². The number of anilines is 1. The highest BCUT2D eigenvalue weighted by molar-refractivity contribution is 7.99. The molecule has 0 aliphatic carbocycles. The minimum Gasteiger partial charge on any atom is -0.467 e. The maximum Gasteiger partial charge on any atom is 0.234 e. The Labute approximate surface area is 181 Å². The summed E-state index contributed by atoms with van der Waals surface area (Å²) in [6.07, 6.45) is 6.36. The molecule has 0 aliphatic rings. The van der Waals surface area contributed by atoms with Gasteiger partial charge in [0, 0.05) is 23.6 Å². The van der Waals surface area contributed by atoms with Crippen LogP contribution in [-0.4, -0.2) is 42.2 Å². The van der Waals surface area contributed by atoms with Crippen LogP contribution >= 0.6 is 11.8 Å². The van der Waals surface area contributed by atoms with Crippen molar-refractivity contribution in [1.29, 1.82) is 0 Å². The Morgan fingerprint density at radius 2 is 2.06 bits per heavy atom. The summed E-state index contributed by atoms with van der Waals surface area (Å²) in [4.78, 5) is 32.4. The van der Waals surface area contributed by atoms with Crippen molar-refractivity contribution >= 4 is 29.1 Å².